The summed E-state index contributed by atoms with van der Waals surface area (Å²) in [6, 6.07) is 37.3. The molecule has 0 aliphatic carbocycles. The fourth-order valence-corrected chi connectivity index (χ4v) is 3.57. The highest BCUT2D eigenvalue weighted by molar-refractivity contribution is 6.00. The molecule has 0 aromatic heterocycles. The minimum Gasteiger partial charge on any atom is -0.336 e. The molecule has 2 N–H and O–H groups in total. The van der Waals surface area contributed by atoms with Crippen molar-refractivity contribution in [2.75, 3.05) is 22.9 Å². The maximum absolute atomic E-state index is 13.1. The number of carbonyl (C=O) groups excluding carboxylic acids is 2. The molecule has 0 unspecified atom stereocenters. The van der Waals surface area contributed by atoms with Crippen molar-refractivity contribution in [1.82, 2.24) is 10.6 Å². The van der Waals surface area contributed by atoms with E-state index in [2.05, 4.69) is 10.6 Å². The highest BCUT2D eigenvalue weighted by Gasteiger charge is 2.19. The molecule has 6 heteroatoms. The van der Waals surface area contributed by atoms with Crippen LogP contribution in [0.4, 0.5) is 32.3 Å². The third-order valence-electron chi connectivity index (χ3n) is 5.14. The molecule has 0 saturated carbocycles. The number of para-hydroxylation sites is 4. The Hall–Kier alpha value is -4.58. The second kappa shape index (κ2) is 11.3. The van der Waals surface area contributed by atoms with E-state index >= 15 is 0 Å². The van der Waals surface area contributed by atoms with Crippen molar-refractivity contribution in [1.29, 1.82) is 0 Å². The normalized spacial score (nSPS) is 10.2. The lowest BCUT2D eigenvalue weighted by atomic mass is 10.2. The molecule has 34 heavy (non-hydrogen) atoms. The largest absolute Gasteiger partial charge is 0.336 e. The lowest BCUT2D eigenvalue weighted by Crippen LogP contribution is -2.43. The van der Waals surface area contributed by atoms with Crippen molar-refractivity contribution in [2.45, 2.75) is 0 Å². The average molecular weight is 451 g/mol. The van der Waals surface area contributed by atoms with E-state index in [1.165, 1.54) is 0 Å². The highest BCUT2D eigenvalue weighted by atomic mass is 16.2. The smallest absolute Gasteiger partial charge is 0.326 e. The van der Waals surface area contributed by atoms with E-state index in [-0.39, 0.29) is 25.2 Å². The molecule has 0 fully saturated rings. The Bertz CT molecular complexity index is 1010. The summed E-state index contributed by atoms with van der Waals surface area (Å²) in [7, 11) is 0. The average Bonchev–Trinajstić information content (AvgIpc) is 2.89. The van der Waals surface area contributed by atoms with Gasteiger partial charge in [-0.15, -0.1) is 0 Å². The summed E-state index contributed by atoms with van der Waals surface area (Å²) in [5, 5.41) is 5.81. The third-order valence-corrected chi connectivity index (χ3v) is 5.14. The zero-order valence-corrected chi connectivity index (χ0v) is 18.7. The first-order valence-corrected chi connectivity index (χ1v) is 11.1. The lowest BCUT2D eigenvalue weighted by Gasteiger charge is -2.25. The summed E-state index contributed by atoms with van der Waals surface area (Å²) in [4.78, 5) is 29.3. The Morgan fingerprint density at radius 3 is 0.912 bits per heavy atom. The molecule has 0 aliphatic heterocycles. The molecule has 0 aliphatic rings. The summed E-state index contributed by atoms with van der Waals surface area (Å²) in [5.74, 6) is 0. The summed E-state index contributed by atoms with van der Waals surface area (Å²) in [5.41, 5.74) is 3.04. The molecular formula is C28H26N4O2. The van der Waals surface area contributed by atoms with E-state index in [4.69, 9.17) is 0 Å². The maximum atomic E-state index is 13.1. The number of urea groups is 2. The van der Waals surface area contributed by atoms with Gasteiger partial charge in [0.15, 0.2) is 0 Å². The van der Waals surface area contributed by atoms with Crippen LogP contribution in [-0.4, -0.2) is 25.2 Å². The van der Waals surface area contributed by atoms with Crippen molar-refractivity contribution in [2.24, 2.45) is 0 Å². The van der Waals surface area contributed by atoms with Crippen LogP contribution in [0.3, 0.4) is 0 Å². The van der Waals surface area contributed by atoms with Gasteiger partial charge in [-0.1, -0.05) is 72.8 Å². The van der Waals surface area contributed by atoms with Crippen molar-refractivity contribution >= 4 is 34.8 Å². The van der Waals surface area contributed by atoms with Crippen molar-refractivity contribution in [3.8, 4) is 0 Å². The van der Waals surface area contributed by atoms with Gasteiger partial charge in [0.05, 0.1) is 22.7 Å². The van der Waals surface area contributed by atoms with Gasteiger partial charge in [-0.3, -0.25) is 9.80 Å². The number of anilines is 4. The van der Waals surface area contributed by atoms with Crippen molar-refractivity contribution in [3.63, 3.8) is 0 Å². The Morgan fingerprint density at radius 1 is 0.441 bits per heavy atom. The number of hydrogen-bond donors (Lipinski definition) is 2. The number of rotatable bonds is 7. The Balaban J connectivity index is 1.40. The molecule has 6 nitrogen and oxygen atoms in total. The number of amides is 4. The van der Waals surface area contributed by atoms with Crippen molar-refractivity contribution in [3.05, 3.63) is 121 Å². The van der Waals surface area contributed by atoms with Gasteiger partial charge in [-0.25, -0.2) is 9.59 Å². The quantitative estimate of drug-likeness (QED) is 0.335. The van der Waals surface area contributed by atoms with Gasteiger partial charge in [-0.2, -0.15) is 0 Å². The van der Waals surface area contributed by atoms with Gasteiger partial charge in [0, 0.05) is 13.1 Å². The number of carbonyl (C=O) groups is 2. The predicted molar refractivity (Wildman–Crippen MR) is 137 cm³/mol. The minimum absolute atomic E-state index is 0.269. The lowest BCUT2D eigenvalue weighted by molar-refractivity contribution is 0.244. The zero-order chi connectivity index (χ0) is 23.6. The van der Waals surface area contributed by atoms with Crippen LogP contribution in [0.15, 0.2) is 121 Å². The highest BCUT2D eigenvalue weighted by Crippen LogP contribution is 2.26. The number of benzene rings is 4. The minimum atomic E-state index is -0.269. The fraction of sp³-hybridized carbons (Fsp3) is 0.0714. The van der Waals surface area contributed by atoms with Gasteiger partial charge in [-0.05, 0) is 48.5 Å². The monoisotopic (exact) mass is 450 g/mol. The molecular weight excluding hydrogens is 424 g/mol. The molecule has 4 aromatic carbocycles. The zero-order valence-electron chi connectivity index (χ0n) is 18.7. The van der Waals surface area contributed by atoms with Crippen LogP contribution in [-0.2, 0) is 0 Å². The standard InChI is InChI=1S/C28H26N4O2/c33-27(31(23-13-5-1-6-14-23)24-15-7-2-8-16-24)29-21-22-30-28(34)32(25-17-9-3-10-18-25)26-19-11-4-12-20-26/h1-20H,21-22H2,(H,29,33)(H,30,34). The Morgan fingerprint density at radius 2 is 0.676 bits per heavy atom. The molecule has 0 spiro atoms. The topological polar surface area (TPSA) is 64.7 Å². The number of hydrogen-bond acceptors (Lipinski definition) is 2. The first-order valence-electron chi connectivity index (χ1n) is 11.1. The van der Waals surface area contributed by atoms with Gasteiger partial charge in [0.1, 0.15) is 0 Å². The van der Waals surface area contributed by atoms with E-state index in [0.29, 0.717) is 0 Å². The fourth-order valence-electron chi connectivity index (χ4n) is 3.57. The van der Waals surface area contributed by atoms with E-state index < -0.39 is 0 Å². The Kier molecular flexibility index (Phi) is 7.54. The van der Waals surface area contributed by atoms with Crippen LogP contribution in [0.5, 0.6) is 0 Å². The summed E-state index contributed by atoms with van der Waals surface area (Å²) in [6.07, 6.45) is 0. The number of nitrogens with one attached hydrogen (secondary N) is 2. The summed E-state index contributed by atoms with van der Waals surface area (Å²) >= 11 is 0. The molecule has 170 valence electrons. The molecule has 0 atom stereocenters. The van der Waals surface area contributed by atoms with Crippen LogP contribution in [0.25, 0.3) is 0 Å². The molecule has 0 saturated heterocycles. The van der Waals surface area contributed by atoms with E-state index in [1.54, 1.807) is 9.80 Å². The first-order chi connectivity index (χ1) is 16.7. The van der Waals surface area contributed by atoms with Crippen LogP contribution in [0, 0.1) is 0 Å². The van der Waals surface area contributed by atoms with E-state index in [0.717, 1.165) is 22.7 Å². The van der Waals surface area contributed by atoms with Gasteiger partial charge in [0.25, 0.3) is 0 Å². The van der Waals surface area contributed by atoms with Gasteiger partial charge < -0.3 is 10.6 Å². The van der Waals surface area contributed by atoms with Gasteiger partial charge >= 0.3 is 12.1 Å². The molecule has 0 radical (unpaired) electrons. The van der Waals surface area contributed by atoms with E-state index in [9.17, 15) is 9.59 Å². The molecule has 0 bridgehead atoms. The Labute approximate surface area is 199 Å². The van der Waals surface area contributed by atoms with Crippen molar-refractivity contribution < 1.29 is 9.59 Å². The summed E-state index contributed by atoms with van der Waals surface area (Å²) in [6.45, 7) is 0.552. The van der Waals surface area contributed by atoms with Gasteiger partial charge in [0.2, 0.25) is 0 Å². The molecule has 4 amide bonds. The number of nitrogens with zero attached hydrogens (tertiary/aromatic N) is 2. The van der Waals surface area contributed by atoms with Crippen LogP contribution in [0.1, 0.15) is 0 Å². The predicted octanol–water partition coefficient (Wildman–Crippen LogP) is 6.08. The SMILES string of the molecule is O=C(NCCNC(=O)N(c1ccccc1)c1ccccc1)N(c1ccccc1)c1ccccc1. The second-order valence-corrected chi connectivity index (χ2v) is 7.48. The van der Waals surface area contributed by atoms with E-state index in [1.807, 2.05) is 121 Å². The molecule has 4 aromatic rings. The maximum Gasteiger partial charge on any atom is 0.326 e. The van der Waals surface area contributed by atoms with Crippen LogP contribution >= 0.6 is 0 Å². The van der Waals surface area contributed by atoms with Crippen LogP contribution in [0.2, 0.25) is 0 Å². The molecule has 4 rings (SSSR count). The first kappa shape index (κ1) is 22.6. The second-order valence-electron chi connectivity index (χ2n) is 7.48. The third kappa shape index (κ3) is 5.61. The summed E-state index contributed by atoms with van der Waals surface area (Å²) < 4.78 is 0. The van der Waals surface area contributed by atoms with Crippen LogP contribution < -0.4 is 20.4 Å². The molecule has 0 heterocycles.